The zero-order chi connectivity index (χ0) is 12.0. The largest absolute Gasteiger partial charge is 0.388 e. The van der Waals surface area contributed by atoms with Gasteiger partial charge in [-0.1, -0.05) is 0 Å². The fourth-order valence-electron chi connectivity index (χ4n) is 2.90. The molecule has 1 heterocycles. The number of rotatable bonds is 0. The normalized spacial score (nSPS) is 26.2. The van der Waals surface area contributed by atoms with Crippen molar-refractivity contribution in [2.75, 3.05) is 13.2 Å². The second-order valence-corrected chi connectivity index (χ2v) is 4.69. The topological polar surface area (TPSA) is 38.7 Å². The van der Waals surface area contributed by atoms with Gasteiger partial charge in [-0.25, -0.2) is 4.39 Å². The smallest absolute Gasteiger partial charge is 0.195 e. The molecule has 1 saturated heterocycles. The van der Waals surface area contributed by atoms with E-state index in [1.165, 1.54) is 12.1 Å². The molecule has 0 unspecified atom stereocenters. The van der Waals surface area contributed by atoms with Crippen LogP contribution in [0.2, 0.25) is 0 Å². The summed E-state index contributed by atoms with van der Waals surface area (Å²) in [6.45, 7) is 2.92. The van der Waals surface area contributed by atoms with Crippen molar-refractivity contribution in [1.82, 2.24) is 0 Å². The summed E-state index contributed by atoms with van der Waals surface area (Å²) < 4.78 is 24.9. The molecule has 17 heavy (non-hydrogen) atoms. The molecule has 1 atom stereocenters. The van der Waals surface area contributed by atoms with Crippen molar-refractivity contribution in [3.05, 3.63) is 34.6 Å². The number of benzene rings is 1. The summed E-state index contributed by atoms with van der Waals surface area (Å²) in [5, 5.41) is 9.98. The Morgan fingerprint density at radius 3 is 2.76 bits per heavy atom. The Hall–Kier alpha value is -0.970. The Kier molecular flexibility index (Phi) is 2.47. The lowest BCUT2D eigenvalue weighted by Gasteiger charge is -2.37. The van der Waals surface area contributed by atoms with Gasteiger partial charge in [0.15, 0.2) is 5.79 Å². The number of hydrogen-bond donors (Lipinski definition) is 1. The van der Waals surface area contributed by atoms with Gasteiger partial charge >= 0.3 is 0 Å². The molecule has 1 N–H and O–H groups in total. The van der Waals surface area contributed by atoms with Crippen LogP contribution in [-0.4, -0.2) is 18.3 Å². The molecule has 1 aromatic rings. The van der Waals surface area contributed by atoms with E-state index in [1.807, 2.05) is 6.92 Å². The predicted molar refractivity (Wildman–Crippen MR) is 58.9 cm³/mol. The molecule has 3 rings (SSSR count). The van der Waals surface area contributed by atoms with E-state index in [1.54, 1.807) is 0 Å². The number of aryl methyl sites for hydroxylation is 1. The highest BCUT2D eigenvalue weighted by Crippen LogP contribution is 2.47. The third-order valence-corrected chi connectivity index (χ3v) is 3.57. The first-order chi connectivity index (χ1) is 8.12. The van der Waals surface area contributed by atoms with E-state index in [9.17, 15) is 9.50 Å². The zero-order valence-electron chi connectivity index (χ0n) is 9.70. The fourth-order valence-corrected chi connectivity index (χ4v) is 2.90. The quantitative estimate of drug-likeness (QED) is 0.752. The van der Waals surface area contributed by atoms with Crippen LogP contribution >= 0.6 is 0 Å². The highest BCUT2D eigenvalue weighted by molar-refractivity contribution is 5.42. The van der Waals surface area contributed by atoms with Crippen molar-refractivity contribution in [2.45, 2.75) is 31.7 Å². The summed E-state index contributed by atoms with van der Waals surface area (Å²) >= 11 is 0. The van der Waals surface area contributed by atoms with Gasteiger partial charge in [0.25, 0.3) is 0 Å². The molecule has 1 aliphatic carbocycles. The van der Waals surface area contributed by atoms with Crippen molar-refractivity contribution in [1.29, 1.82) is 0 Å². The van der Waals surface area contributed by atoms with Crippen LogP contribution in [0.5, 0.6) is 0 Å². The number of aliphatic hydroxyl groups is 1. The maximum absolute atomic E-state index is 13.4. The Morgan fingerprint density at radius 1 is 1.35 bits per heavy atom. The summed E-state index contributed by atoms with van der Waals surface area (Å²) in [5.74, 6) is -1.08. The van der Waals surface area contributed by atoms with E-state index in [0.29, 0.717) is 31.6 Å². The molecule has 0 amide bonds. The molecular formula is C13H15FO3. The Balaban J connectivity index is 2.20. The third kappa shape index (κ3) is 1.59. The van der Waals surface area contributed by atoms with Crippen LogP contribution in [0.4, 0.5) is 4.39 Å². The predicted octanol–water partition coefficient (Wildman–Crippen LogP) is 2.16. The lowest BCUT2D eigenvalue weighted by atomic mass is 9.82. The van der Waals surface area contributed by atoms with Gasteiger partial charge in [0.05, 0.1) is 19.3 Å². The maximum Gasteiger partial charge on any atom is 0.195 e. The number of ether oxygens (including phenoxy) is 2. The van der Waals surface area contributed by atoms with E-state index in [4.69, 9.17) is 9.47 Å². The van der Waals surface area contributed by atoms with Gasteiger partial charge in [-0.3, -0.25) is 0 Å². The minimum Gasteiger partial charge on any atom is -0.388 e. The molecule has 0 saturated carbocycles. The standard InChI is InChI=1S/C13H15FO3/c1-8-6-9(14)7-10-11(15)2-3-13(12(8)10)16-4-5-17-13/h6-7,11,15H,2-5H2,1H3/t11-/m1/s1. The van der Waals surface area contributed by atoms with Gasteiger partial charge in [-0.15, -0.1) is 0 Å². The molecular weight excluding hydrogens is 223 g/mol. The van der Waals surface area contributed by atoms with Crippen LogP contribution in [0.25, 0.3) is 0 Å². The van der Waals surface area contributed by atoms with Gasteiger partial charge in [-0.2, -0.15) is 0 Å². The van der Waals surface area contributed by atoms with E-state index in [2.05, 4.69) is 0 Å². The van der Waals surface area contributed by atoms with Gasteiger partial charge in [0.2, 0.25) is 0 Å². The molecule has 0 radical (unpaired) electrons. The first-order valence-corrected chi connectivity index (χ1v) is 5.89. The average Bonchev–Trinajstić information content (AvgIpc) is 2.72. The van der Waals surface area contributed by atoms with Gasteiger partial charge in [-0.05, 0) is 36.6 Å². The molecule has 4 heteroatoms. The zero-order valence-corrected chi connectivity index (χ0v) is 9.70. The summed E-state index contributed by atoms with van der Waals surface area (Å²) in [7, 11) is 0. The van der Waals surface area contributed by atoms with Crippen molar-refractivity contribution in [3.8, 4) is 0 Å². The number of fused-ring (bicyclic) bond motifs is 2. The van der Waals surface area contributed by atoms with E-state index >= 15 is 0 Å². The van der Waals surface area contributed by atoms with Crippen molar-refractivity contribution < 1.29 is 19.0 Å². The van der Waals surface area contributed by atoms with Crippen LogP contribution in [0.1, 0.15) is 35.6 Å². The van der Waals surface area contributed by atoms with Crippen LogP contribution in [-0.2, 0) is 15.3 Å². The van der Waals surface area contributed by atoms with Gasteiger partial charge < -0.3 is 14.6 Å². The second kappa shape index (κ2) is 3.77. The monoisotopic (exact) mass is 238 g/mol. The summed E-state index contributed by atoms with van der Waals surface area (Å²) in [6.07, 6.45) is 0.529. The van der Waals surface area contributed by atoms with Crippen molar-refractivity contribution in [2.24, 2.45) is 0 Å². The molecule has 3 nitrogen and oxygen atoms in total. The molecule has 1 fully saturated rings. The van der Waals surface area contributed by atoms with E-state index in [0.717, 1.165) is 11.1 Å². The molecule has 1 spiro atoms. The average molecular weight is 238 g/mol. The first-order valence-electron chi connectivity index (χ1n) is 5.89. The Bertz CT molecular complexity index is 452. The highest BCUT2D eigenvalue weighted by Gasteiger charge is 2.45. The Labute approximate surface area is 99.2 Å². The van der Waals surface area contributed by atoms with Gasteiger partial charge in [0.1, 0.15) is 5.82 Å². The SMILES string of the molecule is Cc1cc(F)cc2c1C1(CC[C@H]2O)OCCO1. The second-order valence-electron chi connectivity index (χ2n) is 4.69. The molecule has 0 bridgehead atoms. The molecule has 2 aliphatic rings. The summed E-state index contributed by atoms with van der Waals surface area (Å²) in [5.41, 5.74) is 2.20. The lowest BCUT2D eigenvalue weighted by molar-refractivity contribution is -0.182. The van der Waals surface area contributed by atoms with Crippen LogP contribution in [0, 0.1) is 12.7 Å². The van der Waals surface area contributed by atoms with E-state index in [-0.39, 0.29) is 5.82 Å². The van der Waals surface area contributed by atoms with Crippen LogP contribution < -0.4 is 0 Å². The van der Waals surface area contributed by atoms with E-state index < -0.39 is 11.9 Å². The third-order valence-electron chi connectivity index (χ3n) is 3.57. The van der Waals surface area contributed by atoms with Crippen molar-refractivity contribution >= 4 is 0 Å². The van der Waals surface area contributed by atoms with Crippen LogP contribution in [0.3, 0.4) is 0 Å². The number of hydrogen-bond acceptors (Lipinski definition) is 3. The lowest BCUT2D eigenvalue weighted by Crippen LogP contribution is -2.34. The van der Waals surface area contributed by atoms with Crippen LogP contribution in [0.15, 0.2) is 12.1 Å². The minimum absolute atomic E-state index is 0.324. The molecule has 92 valence electrons. The fraction of sp³-hybridized carbons (Fsp3) is 0.538. The summed E-state index contributed by atoms with van der Waals surface area (Å²) in [4.78, 5) is 0. The highest BCUT2D eigenvalue weighted by atomic mass is 19.1. The minimum atomic E-state index is -0.758. The number of halogens is 1. The molecule has 1 aromatic carbocycles. The number of aliphatic hydroxyl groups excluding tert-OH is 1. The Morgan fingerprint density at radius 2 is 2.06 bits per heavy atom. The van der Waals surface area contributed by atoms with Gasteiger partial charge in [0, 0.05) is 12.0 Å². The molecule has 1 aliphatic heterocycles. The first kappa shape index (κ1) is 11.1. The molecule has 0 aromatic heterocycles. The van der Waals surface area contributed by atoms with Crippen molar-refractivity contribution in [3.63, 3.8) is 0 Å². The summed E-state index contributed by atoms with van der Waals surface area (Å²) in [6, 6.07) is 2.85. The maximum atomic E-state index is 13.4.